The Balaban J connectivity index is 0.923. The second-order valence-corrected chi connectivity index (χ2v) is 20.4. The monoisotopic (exact) mass is 979 g/mol. The van der Waals surface area contributed by atoms with Gasteiger partial charge >= 0.3 is 0 Å². The van der Waals surface area contributed by atoms with Crippen LogP contribution in [-0.2, 0) is 0 Å². The molecule has 2 aliphatic heterocycles. The zero-order valence-electron chi connectivity index (χ0n) is 41.9. The number of rotatable bonds is 7. The Hall–Kier alpha value is -10.1. The third-order valence-electron chi connectivity index (χ3n) is 16.2. The molecule has 5 heteroatoms. The van der Waals surface area contributed by atoms with Crippen LogP contribution in [0.3, 0.4) is 0 Å². The van der Waals surface area contributed by atoms with Crippen LogP contribution in [0.2, 0.25) is 0 Å². The Labute approximate surface area is 446 Å². The van der Waals surface area contributed by atoms with E-state index >= 15 is 0 Å². The molecule has 0 saturated heterocycles. The summed E-state index contributed by atoms with van der Waals surface area (Å²) in [5.41, 5.74) is 25.3. The van der Waals surface area contributed by atoms with E-state index in [0.717, 1.165) is 84.0 Å². The maximum absolute atomic E-state index is 6.19. The smallest absolute Gasteiger partial charge is 0.252 e. The third-order valence-corrected chi connectivity index (χ3v) is 16.2. The van der Waals surface area contributed by atoms with Crippen molar-refractivity contribution in [1.29, 1.82) is 0 Å². The molecule has 77 heavy (non-hydrogen) atoms. The molecule has 0 amide bonds. The maximum Gasteiger partial charge on any atom is 0.252 e. The molecule has 4 nitrogen and oxygen atoms in total. The molecule has 0 aliphatic carbocycles. The molecule has 0 unspecified atom stereocenters. The van der Waals surface area contributed by atoms with Gasteiger partial charge in [0.2, 0.25) is 0 Å². The van der Waals surface area contributed by atoms with E-state index in [2.05, 4.69) is 281 Å². The highest BCUT2D eigenvalue weighted by Crippen LogP contribution is 2.49. The molecule has 358 valence electrons. The van der Waals surface area contributed by atoms with Crippen LogP contribution in [-0.4, -0.2) is 11.3 Å². The first kappa shape index (κ1) is 43.3. The second-order valence-electron chi connectivity index (χ2n) is 20.4. The normalized spacial score (nSPS) is 12.6. The molecular weight excluding hydrogens is 934 g/mol. The quantitative estimate of drug-likeness (QED) is 0.149. The summed E-state index contributed by atoms with van der Waals surface area (Å²) in [6.07, 6.45) is 0. The third kappa shape index (κ3) is 6.74. The van der Waals surface area contributed by atoms with Gasteiger partial charge in [0.05, 0.1) is 22.4 Å². The SMILES string of the molecule is c1ccc(-c2ccccc2N2c3cc(-c4ccc(-c5ccc6oc7ccccc7c6c5)cc4)ccc3B3c4ccc(-n5c6ccccc6c6ccccc65)cc4N(c4ccccc4-c4ccccc4)c4cccc2c43)cc1. The number of hydrogen-bond acceptors (Lipinski definition) is 3. The van der Waals surface area contributed by atoms with Gasteiger partial charge in [-0.15, -0.1) is 0 Å². The fourth-order valence-electron chi connectivity index (χ4n) is 12.8. The number of benzene rings is 12. The standard InChI is InChI=1S/C72H46BN3O/c1-3-18-49(19-4-1)54-22-7-12-27-62(54)75-66-31-17-32-67-72(66)73(60-41-38-52(45-68(60)75)48-36-34-47(35-37-48)51-39-43-71-59(44-51)58-26-11-16-33-70(58)77-71)61-42-40-53(74-64-29-14-9-24-56(64)57-25-10-15-30-65(57)74)46-69(61)76(67)63-28-13-8-23-55(63)50-20-5-2-6-21-50/h1-46H. The van der Waals surface area contributed by atoms with Gasteiger partial charge in [-0.1, -0.05) is 206 Å². The van der Waals surface area contributed by atoms with Crippen molar-refractivity contribution in [2.45, 2.75) is 0 Å². The molecule has 0 spiro atoms. The molecule has 4 heterocycles. The summed E-state index contributed by atoms with van der Waals surface area (Å²) < 4.78 is 8.64. The lowest BCUT2D eigenvalue weighted by atomic mass is 9.33. The van der Waals surface area contributed by atoms with Gasteiger partial charge in [-0.2, -0.15) is 0 Å². The molecule has 0 bridgehead atoms. The van der Waals surface area contributed by atoms with E-state index in [4.69, 9.17) is 4.42 Å². The first-order valence-corrected chi connectivity index (χ1v) is 26.5. The van der Waals surface area contributed by atoms with Crippen molar-refractivity contribution in [3.8, 4) is 50.2 Å². The molecule has 14 aromatic rings. The van der Waals surface area contributed by atoms with Gasteiger partial charge in [0.25, 0.3) is 6.71 Å². The Morgan fingerprint density at radius 1 is 0.273 bits per heavy atom. The molecule has 12 aromatic carbocycles. The maximum atomic E-state index is 6.19. The van der Waals surface area contributed by atoms with Crippen LogP contribution >= 0.6 is 0 Å². The molecule has 16 rings (SSSR count). The van der Waals surface area contributed by atoms with E-state index in [-0.39, 0.29) is 6.71 Å². The number of anilines is 6. The van der Waals surface area contributed by atoms with Crippen molar-refractivity contribution >= 4 is 101 Å². The average Bonchev–Trinajstić information content (AvgIpc) is 4.12. The number of hydrogen-bond donors (Lipinski definition) is 0. The van der Waals surface area contributed by atoms with Crippen LogP contribution < -0.4 is 26.2 Å². The minimum absolute atomic E-state index is 0.0796. The number of nitrogens with zero attached hydrogens (tertiary/aromatic N) is 3. The van der Waals surface area contributed by atoms with Gasteiger partial charge in [-0.05, 0) is 123 Å². The van der Waals surface area contributed by atoms with Crippen LogP contribution in [0, 0.1) is 0 Å². The van der Waals surface area contributed by atoms with Gasteiger partial charge in [0, 0.05) is 61.1 Å². The zero-order valence-corrected chi connectivity index (χ0v) is 41.9. The highest BCUT2D eigenvalue weighted by Gasteiger charge is 2.44. The molecule has 0 radical (unpaired) electrons. The first-order valence-electron chi connectivity index (χ1n) is 26.5. The van der Waals surface area contributed by atoms with E-state index in [9.17, 15) is 0 Å². The van der Waals surface area contributed by atoms with Gasteiger partial charge in [-0.3, -0.25) is 0 Å². The van der Waals surface area contributed by atoms with E-state index in [1.54, 1.807) is 0 Å². The molecular formula is C72H46BN3O. The van der Waals surface area contributed by atoms with E-state index < -0.39 is 0 Å². The Morgan fingerprint density at radius 2 is 0.727 bits per heavy atom. The number of para-hydroxylation sites is 5. The van der Waals surface area contributed by atoms with Crippen molar-refractivity contribution in [2.75, 3.05) is 9.80 Å². The highest BCUT2D eigenvalue weighted by molar-refractivity contribution is 7.00. The lowest BCUT2D eigenvalue weighted by Crippen LogP contribution is -2.61. The second kappa shape index (κ2) is 17.2. The average molecular weight is 980 g/mol. The summed E-state index contributed by atoms with van der Waals surface area (Å²) in [5.74, 6) is 0. The summed E-state index contributed by atoms with van der Waals surface area (Å²) in [4.78, 5) is 5.10. The summed E-state index contributed by atoms with van der Waals surface area (Å²) >= 11 is 0. The Morgan fingerprint density at radius 3 is 1.35 bits per heavy atom. The van der Waals surface area contributed by atoms with Crippen LogP contribution in [0.4, 0.5) is 34.1 Å². The van der Waals surface area contributed by atoms with Gasteiger partial charge in [-0.25, -0.2) is 0 Å². The minimum Gasteiger partial charge on any atom is -0.456 e. The molecule has 0 atom stereocenters. The fraction of sp³-hybridized carbons (Fsp3) is 0. The Kier molecular flexibility index (Phi) is 9.70. The number of furan rings is 1. The van der Waals surface area contributed by atoms with Gasteiger partial charge in [0.15, 0.2) is 0 Å². The van der Waals surface area contributed by atoms with Crippen LogP contribution in [0.25, 0.3) is 93.9 Å². The predicted molar refractivity (Wildman–Crippen MR) is 324 cm³/mol. The largest absolute Gasteiger partial charge is 0.456 e. The molecule has 0 saturated carbocycles. The topological polar surface area (TPSA) is 24.6 Å². The summed E-state index contributed by atoms with van der Waals surface area (Å²) in [5, 5.41) is 4.76. The van der Waals surface area contributed by atoms with Crippen molar-refractivity contribution in [3.63, 3.8) is 0 Å². The van der Waals surface area contributed by atoms with Gasteiger partial charge in [0.1, 0.15) is 11.2 Å². The highest BCUT2D eigenvalue weighted by atomic mass is 16.3. The zero-order chi connectivity index (χ0) is 50.6. The van der Waals surface area contributed by atoms with Crippen molar-refractivity contribution in [3.05, 3.63) is 279 Å². The van der Waals surface area contributed by atoms with Crippen molar-refractivity contribution in [1.82, 2.24) is 4.57 Å². The van der Waals surface area contributed by atoms with Crippen LogP contribution in [0.5, 0.6) is 0 Å². The lowest BCUT2D eigenvalue weighted by Gasteiger charge is -2.45. The number of aromatic nitrogens is 1. The lowest BCUT2D eigenvalue weighted by molar-refractivity contribution is 0.669. The molecule has 2 aromatic heterocycles. The van der Waals surface area contributed by atoms with Crippen molar-refractivity contribution in [2.24, 2.45) is 0 Å². The number of fused-ring (bicyclic) bond motifs is 10. The molecule has 0 fully saturated rings. The van der Waals surface area contributed by atoms with Gasteiger partial charge < -0.3 is 18.8 Å². The summed E-state index contributed by atoms with van der Waals surface area (Å²) in [6, 6.07) is 102. The van der Waals surface area contributed by atoms with Crippen molar-refractivity contribution < 1.29 is 4.42 Å². The summed E-state index contributed by atoms with van der Waals surface area (Å²) in [7, 11) is 0. The fourth-order valence-corrected chi connectivity index (χ4v) is 12.8. The molecule has 2 aliphatic rings. The van der Waals surface area contributed by atoms with Crippen LogP contribution in [0.1, 0.15) is 0 Å². The van der Waals surface area contributed by atoms with E-state index in [1.807, 2.05) is 12.1 Å². The van der Waals surface area contributed by atoms with E-state index in [1.165, 1.54) is 60.4 Å². The molecule has 0 N–H and O–H groups in total. The minimum atomic E-state index is -0.0796. The van der Waals surface area contributed by atoms with Crippen LogP contribution in [0.15, 0.2) is 283 Å². The first-order chi connectivity index (χ1) is 38.2. The van der Waals surface area contributed by atoms with E-state index in [0.29, 0.717) is 0 Å². The predicted octanol–water partition coefficient (Wildman–Crippen LogP) is 17.4. The summed E-state index contributed by atoms with van der Waals surface area (Å²) in [6.45, 7) is -0.0796. The Bertz CT molecular complexity index is 4600.